The third-order valence-corrected chi connectivity index (χ3v) is 1.73. The molecule has 0 unspecified atom stereocenters. The van der Waals surface area contributed by atoms with Crippen LogP contribution >= 0.6 is 0 Å². The first kappa shape index (κ1) is 8.55. The van der Waals surface area contributed by atoms with Crippen molar-refractivity contribution in [1.82, 2.24) is 0 Å². The molecule has 1 N–H and O–H groups in total. The van der Waals surface area contributed by atoms with E-state index in [0.717, 1.165) is 0 Å². The summed E-state index contributed by atoms with van der Waals surface area (Å²) in [5, 5.41) is 3.64. The van der Waals surface area contributed by atoms with E-state index >= 15 is 0 Å². The zero-order valence-corrected chi connectivity index (χ0v) is 7.44. The van der Waals surface area contributed by atoms with E-state index in [-0.39, 0.29) is 5.91 Å². The van der Waals surface area contributed by atoms with Crippen LogP contribution in [0.4, 0.5) is 10.5 Å². The van der Waals surface area contributed by atoms with Crippen LogP contribution in [0.5, 0.6) is 0 Å². The molecular formula is C9H7N3O2. The van der Waals surface area contributed by atoms with Crippen molar-refractivity contribution in [2.45, 2.75) is 6.92 Å². The Kier molecular flexibility index (Phi) is 1.85. The largest absolute Gasteiger partial charge is 0.368 e. The van der Waals surface area contributed by atoms with Gasteiger partial charge in [-0.3, -0.25) is 4.79 Å². The Labute approximate surface area is 79.2 Å². The monoisotopic (exact) mass is 189 g/mol. The fourth-order valence-electron chi connectivity index (χ4n) is 1.22. The molecule has 1 aliphatic rings. The molecule has 0 fully saturated rings. The first-order chi connectivity index (χ1) is 6.65. The van der Waals surface area contributed by atoms with E-state index in [9.17, 15) is 9.59 Å². The van der Waals surface area contributed by atoms with E-state index in [4.69, 9.17) is 0 Å². The third kappa shape index (κ3) is 1.52. The highest BCUT2D eigenvalue weighted by atomic mass is 16.2. The van der Waals surface area contributed by atoms with Crippen molar-refractivity contribution < 1.29 is 9.59 Å². The number of urea groups is 1. The average Bonchev–Trinajstić information content (AvgIpc) is 2.42. The Morgan fingerprint density at radius 2 is 2.00 bits per heavy atom. The van der Waals surface area contributed by atoms with Crippen LogP contribution in [0.15, 0.2) is 28.2 Å². The van der Waals surface area contributed by atoms with Gasteiger partial charge in [-0.05, 0) is 18.2 Å². The summed E-state index contributed by atoms with van der Waals surface area (Å²) in [6.45, 7) is 1.42. The van der Waals surface area contributed by atoms with Crippen LogP contribution in [0.2, 0.25) is 0 Å². The number of hydrogen-bond donors (Lipinski definition) is 1. The minimum Gasteiger partial charge on any atom is -0.326 e. The van der Waals surface area contributed by atoms with Gasteiger partial charge in [-0.25, -0.2) is 4.79 Å². The van der Waals surface area contributed by atoms with Gasteiger partial charge in [-0.2, -0.15) is 9.98 Å². The first-order valence-corrected chi connectivity index (χ1v) is 4.04. The Bertz CT molecular complexity index is 533. The van der Waals surface area contributed by atoms with E-state index in [1.165, 1.54) is 6.92 Å². The lowest BCUT2D eigenvalue weighted by atomic mass is 10.3. The molecule has 0 radical (unpaired) electrons. The van der Waals surface area contributed by atoms with E-state index in [1.54, 1.807) is 18.2 Å². The van der Waals surface area contributed by atoms with Crippen LogP contribution in [-0.2, 0) is 4.79 Å². The second-order valence-corrected chi connectivity index (χ2v) is 2.89. The topological polar surface area (TPSA) is 70.9 Å². The van der Waals surface area contributed by atoms with Gasteiger partial charge in [0.2, 0.25) is 5.91 Å². The fourth-order valence-corrected chi connectivity index (χ4v) is 1.22. The molecular weight excluding hydrogens is 182 g/mol. The van der Waals surface area contributed by atoms with Gasteiger partial charge in [0.15, 0.2) is 0 Å². The molecule has 1 heterocycles. The molecule has 2 rings (SSSR count). The van der Waals surface area contributed by atoms with Gasteiger partial charge in [0.05, 0.1) is 10.7 Å². The van der Waals surface area contributed by atoms with Crippen molar-refractivity contribution in [2.75, 3.05) is 5.32 Å². The van der Waals surface area contributed by atoms with Crippen molar-refractivity contribution in [3.8, 4) is 0 Å². The molecule has 0 saturated carbocycles. The van der Waals surface area contributed by atoms with E-state index in [2.05, 4.69) is 15.3 Å². The van der Waals surface area contributed by atoms with Gasteiger partial charge in [-0.1, -0.05) is 0 Å². The second kappa shape index (κ2) is 3.02. The SMILES string of the molecule is CC(=O)Nc1ccc2c(c1)=NC(=O)N=2. The molecule has 0 aromatic heterocycles. The van der Waals surface area contributed by atoms with Gasteiger partial charge in [-0.15, -0.1) is 0 Å². The Morgan fingerprint density at radius 3 is 2.71 bits per heavy atom. The normalized spacial score (nSPS) is 12.8. The molecule has 5 nitrogen and oxygen atoms in total. The maximum Gasteiger partial charge on any atom is 0.368 e. The number of nitrogens with zero attached hydrogens (tertiary/aromatic N) is 2. The molecule has 5 heteroatoms. The van der Waals surface area contributed by atoms with Crippen LogP contribution in [0.3, 0.4) is 0 Å². The summed E-state index contributed by atoms with van der Waals surface area (Å²) in [6, 6.07) is 4.44. The highest BCUT2D eigenvalue weighted by molar-refractivity contribution is 5.88. The lowest BCUT2D eigenvalue weighted by Gasteiger charge is -1.98. The van der Waals surface area contributed by atoms with Crippen molar-refractivity contribution in [1.29, 1.82) is 0 Å². The predicted molar refractivity (Wildman–Crippen MR) is 48.5 cm³/mol. The van der Waals surface area contributed by atoms with Gasteiger partial charge < -0.3 is 5.32 Å². The number of benzene rings is 1. The predicted octanol–water partition coefficient (Wildman–Crippen LogP) is 0.0178. The van der Waals surface area contributed by atoms with Crippen molar-refractivity contribution in [3.63, 3.8) is 0 Å². The minimum atomic E-state index is -0.500. The fraction of sp³-hybridized carbons (Fsp3) is 0.111. The molecule has 70 valence electrons. The van der Waals surface area contributed by atoms with Crippen molar-refractivity contribution in [2.24, 2.45) is 9.98 Å². The van der Waals surface area contributed by atoms with Gasteiger partial charge in [0, 0.05) is 12.6 Å². The molecule has 0 saturated heterocycles. The smallest absolute Gasteiger partial charge is 0.326 e. The number of fused-ring (bicyclic) bond motifs is 1. The number of carbonyl (C=O) groups is 2. The third-order valence-electron chi connectivity index (χ3n) is 1.73. The van der Waals surface area contributed by atoms with Crippen LogP contribution < -0.4 is 16.0 Å². The number of anilines is 1. The maximum atomic E-state index is 10.8. The lowest BCUT2D eigenvalue weighted by molar-refractivity contribution is -0.114. The van der Waals surface area contributed by atoms with Crippen LogP contribution in [0.1, 0.15) is 6.92 Å². The van der Waals surface area contributed by atoms with E-state index in [0.29, 0.717) is 16.4 Å². The number of hydrogen-bond acceptors (Lipinski definition) is 2. The quantitative estimate of drug-likeness (QED) is 0.676. The molecule has 3 amide bonds. The molecule has 0 spiro atoms. The molecule has 1 aromatic rings. The molecule has 1 aromatic carbocycles. The standard InChI is InChI=1S/C9H7N3O2/c1-5(13)10-6-2-3-7-8(4-6)12-9(14)11-7/h2-4H,1H3,(H,10,13). The highest BCUT2D eigenvalue weighted by Crippen LogP contribution is 2.00. The number of rotatable bonds is 1. The summed E-state index contributed by atoms with van der Waals surface area (Å²) in [6.07, 6.45) is 0. The number of carbonyl (C=O) groups excluding carboxylic acids is 2. The maximum absolute atomic E-state index is 10.8. The molecule has 1 aliphatic heterocycles. The Morgan fingerprint density at radius 1 is 1.29 bits per heavy atom. The lowest BCUT2D eigenvalue weighted by Crippen LogP contribution is -2.22. The molecule has 0 atom stereocenters. The van der Waals surface area contributed by atoms with E-state index < -0.39 is 6.03 Å². The summed E-state index contributed by atoms with van der Waals surface area (Å²) in [4.78, 5) is 28.9. The van der Waals surface area contributed by atoms with Crippen molar-refractivity contribution in [3.05, 3.63) is 28.9 Å². The second-order valence-electron chi connectivity index (χ2n) is 2.89. The van der Waals surface area contributed by atoms with Crippen LogP contribution in [0.25, 0.3) is 0 Å². The Hall–Kier alpha value is -2.04. The van der Waals surface area contributed by atoms with Crippen molar-refractivity contribution >= 4 is 17.6 Å². The van der Waals surface area contributed by atoms with E-state index in [1.807, 2.05) is 0 Å². The molecule has 14 heavy (non-hydrogen) atoms. The van der Waals surface area contributed by atoms with Crippen LogP contribution in [-0.4, -0.2) is 11.9 Å². The summed E-state index contributed by atoms with van der Waals surface area (Å²) in [5.74, 6) is -0.161. The summed E-state index contributed by atoms with van der Waals surface area (Å²) < 4.78 is 0. The number of amides is 3. The first-order valence-electron chi connectivity index (χ1n) is 4.04. The number of nitrogens with one attached hydrogen (secondary N) is 1. The molecule has 0 bridgehead atoms. The summed E-state index contributed by atoms with van der Waals surface area (Å²) in [5.41, 5.74) is 0.616. The van der Waals surface area contributed by atoms with Gasteiger partial charge >= 0.3 is 6.03 Å². The van der Waals surface area contributed by atoms with Gasteiger partial charge in [0.25, 0.3) is 0 Å². The highest BCUT2D eigenvalue weighted by Gasteiger charge is 2.05. The Balaban J connectivity index is 2.49. The summed E-state index contributed by atoms with van der Waals surface area (Å²) >= 11 is 0. The minimum absolute atomic E-state index is 0.161. The summed E-state index contributed by atoms with van der Waals surface area (Å²) in [7, 11) is 0. The van der Waals surface area contributed by atoms with Crippen LogP contribution in [0, 0.1) is 0 Å². The van der Waals surface area contributed by atoms with Gasteiger partial charge in [0.1, 0.15) is 0 Å². The molecule has 0 aliphatic carbocycles. The zero-order valence-electron chi connectivity index (χ0n) is 7.44. The zero-order chi connectivity index (χ0) is 10.1. The average molecular weight is 189 g/mol.